The molecule has 8 aromatic carbocycles. The van der Waals surface area contributed by atoms with Crippen LogP contribution in [-0.4, -0.2) is 4.98 Å². The molecule has 0 fully saturated rings. The lowest BCUT2D eigenvalue weighted by atomic mass is 9.95. The van der Waals surface area contributed by atoms with E-state index < -0.39 is 7.14 Å². The van der Waals surface area contributed by atoms with Crippen LogP contribution in [-0.2, 0) is 4.57 Å². The zero-order chi connectivity index (χ0) is 34.2. The minimum atomic E-state index is -3.11. The number of rotatable bonds is 7. The van der Waals surface area contributed by atoms with Crippen LogP contribution >= 0.6 is 7.14 Å². The summed E-state index contributed by atoms with van der Waals surface area (Å²) in [4.78, 5) is 7.69. The lowest BCUT2D eigenvalue weighted by Crippen LogP contribution is -2.24. The van der Waals surface area contributed by atoms with Crippen LogP contribution in [0.25, 0.3) is 43.7 Å². The third kappa shape index (κ3) is 5.40. The SMILES string of the molecule is O=P(c1ccccc1)(c1ccccc1)c1ccc(-c2nc3cc(N(c4ccccc4)c4ccccc4)ccc3c3c2ccc2ccccc23)cc1. The number of pyridine rings is 1. The van der Waals surface area contributed by atoms with Crippen LogP contribution in [0.4, 0.5) is 17.1 Å². The van der Waals surface area contributed by atoms with Gasteiger partial charge in [-0.3, -0.25) is 0 Å². The summed E-state index contributed by atoms with van der Waals surface area (Å²) in [5.41, 5.74) is 5.96. The summed E-state index contributed by atoms with van der Waals surface area (Å²) in [5, 5.41) is 8.16. The quantitative estimate of drug-likeness (QED) is 0.125. The van der Waals surface area contributed by atoms with Crippen molar-refractivity contribution >= 4 is 72.6 Å². The Morgan fingerprint density at radius 2 is 0.922 bits per heavy atom. The predicted octanol–water partition coefficient (Wildman–Crippen LogP) is 11.3. The maximum Gasteiger partial charge on any atom is 0.171 e. The van der Waals surface area contributed by atoms with Crippen LogP contribution in [0, 0.1) is 0 Å². The Kier molecular flexibility index (Phi) is 7.76. The van der Waals surface area contributed by atoms with Crippen LogP contribution < -0.4 is 20.8 Å². The van der Waals surface area contributed by atoms with E-state index in [1.165, 1.54) is 16.2 Å². The maximum absolute atomic E-state index is 15.1. The fourth-order valence-corrected chi connectivity index (χ4v) is 9.92. The monoisotopic (exact) mass is 672 g/mol. The number of nitrogens with zero attached hydrogens (tertiary/aromatic N) is 2. The summed E-state index contributed by atoms with van der Waals surface area (Å²) in [5.74, 6) is 0. The summed E-state index contributed by atoms with van der Waals surface area (Å²) < 4.78 is 15.1. The highest BCUT2D eigenvalue weighted by Gasteiger charge is 2.29. The van der Waals surface area contributed by atoms with E-state index in [9.17, 15) is 0 Å². The Morgan fingerprint density at radius 3 is 1.53 bits per heavy atom. The first-order valence-corrected chi connectivity index (χ1v) is 18.9. The molecule has 0 atom stereocenters. The van der Waals surface area contributed by atoms with Crippen molar-refractivity contribution in [3.05, 3.63) is 200 Å². The first kappa shape index (κ1) is 30.8. The summed E-state index contributed by atoms with van der Waals surface area (Å²) >= 11 is 0. The third-order valence-electron chi connectivity index (χ3n) is 9.70. The number of fused-ring (bicyclic) bond motifs is 5. The molecule has 0 N–H and O–H groups in total. The third-order valence-corrected chi connectivity index (χ3v) is 12.8. The van der Waals surface area contributed by atoms with E-state index in [0.29, 0.717) is 0 Å². The molecule has 0 saturated carbocycles. The molecule has 0 bridgehead atoms. The summed E-state index contributed by atoms with van der Waals surface area (Å²) in [6.07, 6.45) is 0. The molecule has 0 spiro atoms. The Labute approximate surface area is 297 Å². The zero-order valence-corrected chi connectivity index (χ0v) is 28.7. The molecule has 0 aliphatic carbocycles. The van der Waals surface area contributed by atoms with Crippen LogP contribution in [0.15, 0.2) is 200 Å². The lowest BCUT2D eigenvalue weighted by molar-refractivity contribution is 0.592. The summed E-state index contributed by atoms with van der Waals surface area (Å²) in [6, 6.07) is 68.3. The Hall–Kier alpha value is -6.28. The van der Waals surface area contributed by atoms with Crippen LogP contribution in [0.1, 0.15) is 0 Å². The van der Waals surface area contributed by atoms with Crippen molar-refractivity contribution in [1.82, 2.24) is 4.98 Å². The fourth-order valence-electron chi connectivity index (χ4n) is 7.28. The van der Waals surface area contributed by atoms with Crippen molar-refractivity contribution < 1.29 is 4.57 Å². The molecule has 1 heterocycles. The molecule has 1 aromatic heterocycles. The van der Waals surface area contributed by atoms with Gasteiger partial charge in [0.15, 0.2) is 7.14 Å². The van der Waals surface area contributed by atoms with E-state index in [-0.39, 0.29) is 0 Å². The highest BCUT2D eigenvalue weighted by atomic mass is 31.2. The van der Waals surface area contributed by atoms with Crippen molar-refractivity contribution in [1.29, 1.82) is 0 Å². The fraction of sp³-hybridized carbons (Fsp3) is 0. The van der Waals surface area contributed by atoms with E-state index in [1.54, 1.807) is 0 Å². The van der Waals surface area contributed by atoms with E-state index in [0.717, 1.165) is 60.5 Å². The lowest BCUT2D eigenvalue weighted by Gasteiger charge is -2.26. The first-order chi connectivity index (χ1) is 25.2. The van der Waals surface area contributed by atoms with Crippen molar-refractivity contribution in [3.8, 4) is 11.3 Å². The molecule has 0 amide bonds. The second kappa shape index (κ2) is 12.9. The second-order valence-corrected chi connectivity index (χ2v) is 15.5. The highest BCUT2D eigenvalue weighted by molar-refractivity contribution is 7.85. The minimum Gasteiger partial charge on any atom is -0.310 e. The van der Waals surface area contributed by atoms with Crippen LogP contribution in [0.2, 0.25) is 0 Å². The second-order valence-electron chi connectivity index (χ2n) is 12.7. The number of hydrogen-bond donors (Lipinski definition) is 0. The molecular formula is C47H33N2OP. The average molecular weight is 673 g/mol. The highest BCUT2D eigenvalue weighted by Crippen LogP contribution is 2.44. The summed E-state index contributed by atoms with van der Waals surface area (Å²) in [6.45, 7) is 0. The molecule has 242 valence electrons. The van der Waals surface area contributed by atoms with Gasteiger partial charge in [-0.15, -0.1) is 0 Å². The smallest absolute Gasteiger partial charge is 0.171 e. The molecule has 3 nitrogen and oxygen atoms in total. The van der Waals surface area contributed by atoms with E-state index >= 15 is 4.57 Å². The number of benzene rings is 8. The van der Waals surface area contributed by atoms with Gasteiger partial charge < -0.3 is 9.46 Å². The van der Waals surface area contributed by atoms with Crippen LogP contribution in [0.3, 0.4) is 0 Å². The number of hydrogen-bond acceptors (Lipinski definition) is 3. The molecule has 51 heavy (non-hydrogen) atoms. The largest absolute Gasteiger partial charge is 0.310 e. The van der Waals surface area contributed by atoms with Gasteiger partial charge >= 0.3 is 0 Å². The van der Waals surface area contributed by atoms with Gasteiger partial charge in [-0.2, -0.15) is 0 Å². The van der Waals surface area contributed by atoms with E-state index in [2.05, 4.69) is 120 Å². The molecule has 0 aliphatic rings. The molecule has 0 aliphatic heterocycles. The Bertz CT molecular complexity index is 2610. The van der Waals surface area contributed by atoms with Crippen molar-refractivity contribution in [2.24, 2.45) is 0 Å². The molecule has 9 aromatic rings. The van der Waals surface area contributed by atoms with Gasteiger partial charge in [0.25, 0.3) is 0 Å². The molecule has 4 heteroatoms. The first-order valence-electron chi connectivity index (χ1n) is 17.2. The molecule has 0 saturated heterocycles. The maximum atomic E-state index is 15.1. The normalized spacial score (nSPS) is 11.6. The van der Waals surface area contributed by atoms with Crippen molar-refractivity contribution in [2.75, 3.05) is 4.90 Å². The van der Waals surface area contributed by atoms with Gasteiger partial charge in [0.2, 0.25) is 0 Å². The zero-order valence-electron chi connectivity index (χ0n) is 27.8. The van der Waals surface area contributed by atoms with E-state index in [1.807, 2.05) is 84.9 Å². The van der Waals surface area contributed by atoms with E-state index in [4.69, 9.17) is 4.98 Å². The van der Waals surface area contributed by atoms with Gasteiger partial charge in [0, 0.05) is 54.7 Å². The Morgan fingerprint density at radius 1 is 0.412 bits per heavy atom. The molecule has 9 rings (SSSR count). The van der Waals surface area contributed by atoms with Crippen molar-refractivity contribution in [3.63, 3.8) is 0 Å². The number of anilines is 3. The topological polar surface area (TPSA) is 33.2 Å². The van der Waals surface area contributed by atoms with Crippen molar-refractivity contribution in [2.45, 2.75) is 0 Å². The minimum absolute atomic E-state index is 0.794. The Balaban J connectivity index is 1.26. The van der Waals surface area contributed by atoms with Gasteiger partial charge in [0.05, 0.1) is 11.2 Å². The average Bonchev–Trinajstić information content (AvgIpc) is 3.21. The standard InChI is InChI=1S/C47H33N2OP/c50-51(39-20-9-3-10-21-39,40-22-11-4-12-23-40)41-29-25-35(26-30-41)47-44-31-27-34-15-13-14-24-42(34)46(44)43-32-28-38(33-45(43)48-47)49(36-16-5-1-6-17-36)37-18-7-2-8-19-37/h1-33H. The van der Waals surface area contributed by atoms with Gasteiger partial charge in [0.1, 0.15) is 0 Å². The van der Waals surface area contributed by atoms with Crippen LogP contribution in [0.5, 0.6) is 0 Å². The number of aromatic nitrogens is 1. The predicted molar refractivity (Wildman–Crippen MR) is 216 cm³/mol. The van der Waals surface area contributed by atoms with Gasteiger partial charge in [-0.25, -0.2) is 4.98 Å². The summed E-state index contributed by atoms with van der Waals surface area (Å²) in [7, 11) is -3.11. The molecule has 0 radical (unpaired) electrons. The molecule has 0 unspecified atom stereocenters. The van der Waals surface area contributed by atoms with Gasteiger partial charge in [-0.05, 0) is 47.2 Å². The molecular weight excluding hydrogens is 640 g/mol. The van der Waals surface area contributed by atoms with Gasteiger partial charge in [-0.1, -0.05) is 164 Å². The number of para-hydroxylation sites is 2.